The van der Waals surface area contributed by atoms with E-state index in [1.165, 1.54) is 0 Å². The van der Waals surface area contributed by atoms with Gasteiger partial charge >= 0.3 is 0 Å². The molecule has 1 aliphatic rings. The molecule has 4 aromatic rings. The lowest BCUT2D eigenvalue weighted by molar-refractivity contribution is 0.102. The van der Waals surface area contributed by atoms with Gasteiger partial charge in [-0.05, 0) is 61.7 Å². The van der Waals surface area contributed by atoms with Crippen molar-refractivity contribution in [1.82, 2.24) is 19.6 Å². The Kier molecular flexibility index (Phi) is 4.55. The second-order valence-electron chi connectivity index (χ2n) is 7.17. The van der Waals surface area contributed by atoms with Crippen LogP contribution in [0.4, 0.5) is 5.82 Å². The maximum Gasteiger partial charge on any atom is 0.277 e. The number of carbonyl (C=O) groups is 1. The fourth-order valence-corrected chi connectivity index (χ4v) is 3.77. The smallest absolute Gasteiger partial charge is 0.277 e. The molecule has 2 aromatic carbocycles. The summed E-state index contributed by atoms with van der Waals surface area (Å²) in [5.41, 5.74) is 4.29. The zero-order valence-corrected chi connectivity index (χ0v) is 16.6. The lowest BCUT2D eigenvalue weighted by atomic mass is 10.2. The SMILES string of the molecule is COc1ccc(-n2ccc(C(=O)Nc3c4c(nn3-c3ccccc3)CCC4)n2)cc1. The van der Waals surface area contributed by atoms with Gasteiger partial charge in [-0.1, -0.05) is 18.2 Å². The second-order valence-corrected chi connectivity index (χ2v) is 7.17. The highest BCUT2D eigenvalue weighted by Gasteiger charge is 2.25. The molecule has 30 heavy (non-hydrogen) atoms. The largest absolute Gasteiger partial charge is 0.497 e. The predicted octanol–water partition coefficient (Wildman–Crippen LogP) is 3.81. The van der Waals surface area contributed by atoms with E-state index in [9.17, 15) is 4.79 Å². The predicted molar refractivity (Wildman–Crippen MR) is 114 cm³/mol. The Morgan fingerprint density at radius 3 is 2.53 bits per heavy atom. The van der Waals surface area contributed by atoms with Crippen LogP contribution in [0.1, 0.15) is 28.2 Å². The average molecular weight is 399 g/mol. The Morgan fingerprint density at radius 1 is 0.967 bits per heavy atom. The molecule has 1 N–H and O–H groups in total. The van der Waals surface area contributed by atoms with Gasteiger partial charge in [-0.2, -0.15) is 10.2 Å². The first-order valence-corrected chi connectivity index (χ1v) is 9.90. The highest BCUT2D eigenvalue weighted by molar-refractivity contribution is 6.03. The topological polar surface area (TPSA) is 74.0 Å². The van der Waals surface area contributed by atoms with Crippen molar-refractivity contribution in [1.29, 1.82) is 0 Å². The van der Waals surface area contributed by atoms with Crippen LogP contribution in [-0.4, -0.2) is 32.6 Å². The molecular formula is C23H21N5O2. The van der Waals surface area contributed by atoms with Crippen molar-refractivity contribution >= 4 is 11.7 Å². The molecular weight excluding hydrogens is 378 g/mol. The number of hydrogen-bond donors (Lipinski definition) is 1. The number of hydrogen-bond acceptors (Lipinski definition) is 4. The minimum atomic E-state index is -0.256. The quantitative estimate of drug-likeness (QED) is 0.554. The molecule has 0 bridgehead atoms. The summed E-state index contributed by atoms with van der Waals surface area (Å²) in [5, 5.41) is 12.2. The fraction of sp³-hybridized carbons (Fsp3) is 0.174. The van der Waals surface area contributed by atoms with Gasteiger partial charge in [0.1, 0.15) is 11.6 Å². The summed E-state index contributed by atoms with van der Waals surface area (Å²) in [4.78, 5) is 13.0. The Balaban J connectivity index is 1.43. The number of anilines is 1. The van der Waals surface area contributed by atoms with Gasteiger partial charge in [0.25, 0.3) is 5.91 Å². The molecule has 7 heteroatoms. The van der Waals surface area contributed by atoms with Crippen LogP contribution < -0.4 is 10.1 Å². The molecule has 2 heterocycles. The number of amides is 1. The normalized spacial score (nSPS) is 12.6. The summed E-state index contributed by atoms with van der Waals surface area (Å²) >= 11 is 0. The van der Waals surface area contributed by atoms with Crippen molar-refractivity contribution in [2.45, 2.75) is 19.3 Å². The fourth-order valence-electron chi connectivity index (χ4n) is 3.77. The van der Waals surface area contributed by atoms with E-state index in [-0.39, 0.29) is 5.91 Å². The van der Waals surface area contributed by atoms with Gasteiger partial charge in [-0.15, -0.1) is 0 Å². The van der Waals surface area contributed by atoms with Crippen molar-refractivity contribution in [3.05, 3.63) is 83.8 Å². The molecule has 5 rings (SSSR count). The summed E-state index contributed by atoms with van der Waals surface area (Å²) < 4.78 is 8.68. The standard InChI is InChI=1S/C23H21N5O2/c1-30-18-12-10-16(11-13-18)27-15-14-21(25-27)23(29)24-22-19-8-5-9-20(19)26-28(22)17-6-3-2-4-7-17/h2-4,6-7,10-15H,5,8-9H2,1H3,(H,24,29). The molecule has 0 unspecified atom stereocenters. The zero-order valence-electron chi connectivity index (χ0n) is 16.6. The van der Waals surface area contributed by atoms with E-state index < -0.39 is 0 Å². The van der Waals surface area contributed by atoms with Crippen LogP contribution in [0.3, 0.4) is 0 Å². The first-order chi connectivity index (χ1) is 14.7. The zero-order chi connectivity index (χ0) is 20.5. The minimum absolute atomic E-state index is 0.256. The minimum Gasteiger partial charge on any atom is -0.497 e. The molecule has 1 aliphatic carbocycles. The maximum atomic E-state index is 13.0. The third kappa shape index (κ3) is 3.24. The first kappa shape index (κ1) is 18.2. The number of methoxy groups -OCH3 is 1. The number of ether oxygens (including phenoxy) is 1. The molecule has 2 aromatic heterocycles. The molecule has 150 valence electrons. The van der Waals surface area contributed by atoms with Crippen LogP contribution in [0.15, 0.2) is 66.9 Å². The summed E-state index contributed by atoms with van der Waals surface area (Å²) in [6.45, 7) is 0. The average Bonchev–Trinajstić information content (AvgIpc) is 3.52. The highest BCUT2D eigenvalue weighted by atomic mass is 16.5. The Morgan fingerprint density at radius 2 is 1.77 bits per heavy atom. The molecule has 0 spiro atoms. The van der Waals surface area contributed by atoms with Crippen LogP contribution in [-0.2, 0) is 12.8 Å². The number of aryl methyl sites for hydroxylation is 1. The van der Waals surface area contributed by atoms with Gasteiger partial charge < -0.3 is 10.1 Å². The molecule has 0 radical (unpaired) electrons. The molecule has 7 nitrogen and oxygen atoms in total. The first-order valence-electron chi connectivity index (χ1n) is 9.90. The Bertz CT molecular complexity index is 1190. The lowest BCUT2D eigenvalue weighted by Crippen LogP contribution is -2.17. The second kappa shape index (κ2) is 7.51. The summed E-state index contributed by atoms with van der Waals surface area (Å²) in [6, 6.07) is 19.1. The van der Waals surface area contributed by atoms with Crippen LogP contribution in [0, 0.1) is 0 Å². The number of nitrogens with one attached hydrogen (secondary N) is 1. The van der Waals surface area contributed by atoms with Gasteiger partial charge in [0.15, 0.2) is 5.69 Å². The van der Waals surface area contributed by atoms with Crippen molar-refractivity contribution in [2.75, 3.05) is 12.4 Å². The van der Waals surface area contributed by atoms with E-state index >= 15 is 0 Å². The van der Waals surface area contributed by atoms with E-state index in [1.807, 2.05) is 59.3 Å². The number of aromatic nitrogens is 4. The lowest BCUT2D eigenvalue weighted by Gasteiger charge is -2.10. The van der Waals surface area contributed by atoms with Gasteiger partial charge in [0, 0.05) is 11.8 Å². The van der Waals surface area contributed by atoms with E-state index in [0.29, 0.717) is 5.69 Å². The summed E-state index contributed by atoms with van der Waals surface area (Å²) in [7, 11) is 1.63. The summed E-state index contributed by atoms with van der Waals surface area (Å²) in [5.74, 6) is 1.25. The van der Waals surface area contributed by atoms with E-state index in [1.54, 1.807) is 24.1 Å². The van der Waals surface area contributed by atoms with E-state index in [4.69, 9.17) is 9.84 Å². The maximum absolute atomic E-state index is 13.0. The summed E-state index contributed by atoms with van der Waals surface area (Å²) in [6.07, 6.45) is 4.68. The van der Waals surface area contributed by atoms with Crippen LogP contribution in [0.2, 0.25) is 0 Å². The molecule has 0 saturated heterocycles. The third-order valence-electron chi connectivity index (χ3n) is 5.30. The monoisotopic (exact) mass is 399 g/mol. The molecule has 0 aliphatic heterocycles. The molecule has 0 fully saturated rings. The third-order valence-corrected chi connectivity index (χ3v) is 5.30. The van der Waals surface area contributed by atoms with E-state index in [2.05, 4.69) is 10.4 Å². The molecule has 1 amide bonds. The number of para-hydroxylation sites is 1. The van der Waals surface area contributed by atoms with Crippen molar-refractivity contribution in [2.24, 2.45) is 0 Å². The Labute approximate surface area is 173 Å². The number of carbonyl (C=O) groups excluding carboxylic acids is 1. The number of nitrogens with zero attached hydrogens (tertiary/aromatic N) is 4. The van der Waals surface area contributed by atoms with Crippen LogP contribution >= 0.6 is 0 Å². The van der Waals surface area contributed by atoms with Crippen molar-refractivity contribution in [3.8, 4) is 17.1 Å². The van der Waals surface area contributed by atoms with E-state index in [0.717, 1.165) is 53.5 Å². The van der Waals surface area contributed by atoms with Crippen molar-refractivity contribution < 1.29 is 9.53 Å². The molecule has 0 atom stereocenters. The highest BCUT2D eigenvalue weighted by Crippen LogP contribution is 2.31. The number of fused-ring (bicyclic) bond motifs is 1. The van der Waals surface area contributed by atoms with Crippen LogP contribution in [0.25, 0.3) is 11.4 Å². The number of rotatable bonds is 5. The van der Waals surface area contributed by atoms with Gasteiger partial charge in [-0.3, -0.25) is 4.79 Å². The van der Waals surface area contributed by atoms with Gasteiger partial charge in [0.2, 0.25) is 0 Å². The van der Waals surface area contributed by atoms with Crippen LogP contribution in [0.5, 0.6) is 5.75 Å². The van der Waals surface area contributed by atoms with Crippen molar-refractivity contribution in [3.63, 3.8) is 0 Å². The molecule has 0 saturated carbocycles. The Hall–Kier alpha value is -3.87. The van der Waals surface area contributed by atoms with Gasteiger partial charge in [0.05, 0.1) is 24.2 Å². The number of benzene rings is 2. The van der Waals surface area contributed by atoms with Gasteiger partial charge in [-0.25, -0.2) is 9.36 Å².